The largest absolute Gasteiger partial charge is 0.490 e. The van der Waals surface area contributed by atoms with Crippen LogP contribution in [0.5, 0.6) is 5.75 Å². The van der Waals surface area contributed by atoms with E-state index in [-0.39, 0.29) is 21.5 Å². The average molecular weight is 385 g/mol. The smallest absolute Gasteiger partial charge is 0.262 e. The van der Waals surface area contributed by atoms with Crippen LogP contribution in [0.2, 0.25) is 5.02 Å². The fraction of sp³-hybridized carbons (Fsp3) is 0.188. The molecular weight excluding hydrogens is 371 g/mol. The summed E-state index contributed by atoms with van der Waals surface area (Å²) in [6, 6.07) is 7.75. The number of hydrogen-bond acceptors (Lipinski definition) is 4. The predicted octanol–water partition coefficient (Wildman–Crippen LogP) is 3.03. The number of hydrogen-bond donors (Lipinski definition) is 1. The normalized spacial score (nSPS) is 13.8. The predicted molar refractivity (Wildman–Crippen MR) is 92.2 cm³/mol. The van der Waals surface area contributed by atoms with Crippen molar-refractivity contribution in [3.63, 3.8) is 0 Å². The van der Waals surface area contributed by atoms with Crippen molar-refractivity contribution < 1.29 is 22.3 Å². The van der Waals surface area contributed by atoms with Crippen molar-refractivity contribution in [3.8, 4) is 5.75 Å². The molecule has 0 bridgehead atoms. The van der Waals surface area contributed by atoms with Gasteiger partial charge in [-0.25, -0.2) is 12.8 Å². The Morgan fingerprint density at radius 3 is 2.72 bits per heavy atom. The summed E-state index contributed by atoms with van der Waals surface area (Å²) in [5, 5.41) is 0.156. The minimum absolute atomic E-state index is 0.114. The molecular formula is C16H14ClFN2O4S. The number of carbonyl (C=O) groups excluding carboxylic acids is 1. The number of anilines is 2. The topological polar surface area (TPSA) is 75.7 Å². The number of carbonyl (C=O) groups is 1. The van der Waals surface area contributed by atoms with Crippen LogP contribution < -0.4 is 14.4 Å². The van der Waals surface area contributed by atoms with E-state index in [4.69, 9.17) is 16.3 Å². The highest BCUT2D eigenvalue weighted by atomic mass is 35.5. The molecule has 0 unspecified atom stereocenters. The van der Waals surface area contributed by atoms with E-state index in [9.17, 15) is 17.6 Å². The van der Waals surface area contributed by atoms with Gasteiger partial charge in [-0.1, -0.05) is 11.6 Å². The van der Waals surface area contributed by atoms with Gasteiger partial charge in [0.15, 0.2) is 0 Å². The molecule has 25 heavy (non-hydrogen) atoms. The van der Waals surface area contributed by atoms with Crippen LogP contribution >= 0.6 is 11.6 Å². The molecule has 2 aromatic carbocycles. The minimum Gasteiger partial charge on any atom is -0.490 e. The second kappa shape index (κ2) is 6.53. The Morgan fingerprint density at radius 2 is 2.04 bits per heavy atom. The third-order valence-electron chi connectivity index (χ3n) is 3.66. The van der Waals surface area contributed by atoms with Crippen LogP contribution in [0.1, 0.15) is 6.92 Å². The Bertz CT molecular complexity index is 949. The Kier molecular flexibility index (Phi) is 4.57. The molecule has 6 nitrogen and oxygen atoms in total. The summed E-state index contributed by atoms with van der Waals surface area (Å²) >= 11 is 5.66. The minimum atomic E-state index is -4.06. The number of amides is 1. The van der Waals surface area contributed by atoms with Crippen molar-refractivity contribution in [2.75, 3.05) is 22.8 Å². The molecule has 1 heterocycles. The van der Waals surface area contributed by atoms with Crippen molar-refractivity contribution >= 4 is 38.9 Å². The molecule has 0 aliphatic carbocycles. The van der Waals surface area contributed by atoms with E-state index >= 15 is 0 Å². The fourth-order valence-electron chi connectivity index (χ4n) is 2.47. The zero-order valence-corrected chi connectivity index (χ0v) is 14.7. The molecule has 0 saturated carbocycles. The monoisotopic (exact) mass is 384 g/mol. The lowest BCUT2D eigenvalue weighted by molar-refractivity contribution is -0.116. The highest BCUT2D eigenvalue weighted by Gasteiger charge is 2.25. The quantitative estimate of drug-likeness (QED) is 0.882. The van der Waals surface area contributed by atoms with Gasteiger partial charge in [0.1, 0.15) is 18.2 Å². The summed E-state index contributed by atoms with van der Waals surface area (Å²) in [6.07, 6.45) is 0. The molecule has 1 aliphatic heterocycles. The van der Waals surface area contributed by atoms with Crippen LogP contribution in [0, 0.1) is 5.82 Å². The number of ether oxygens (including phenoxy) is 1. The first-order chi connectivity index (χ1) is 11.8. The van der Waals surface area contributed by atoms with Gasteiger partial charge in [0, 0.05) is 11.9 Å². The summed E-state index contributed by atoms with van der Waals surface area (Å²) in [6.45, 7) is 2.04. The molecule has 1 amide bonds. The van der Waals surface area contributed by atoms with Crippen LogP contribution in [-0.2, 0) is 14.8 Å². The summed E-state index contributed by atoms with van der Waals surface area (Å²) < 4.78 is 46.6. The molecule has 9 heteroatoms. The van der Waals surface area contributed by atoms with Gasteiger partial charge in [0.05, 0.1) is 22.8 Å². The Morgan fingerprint density at radius 1 is 1.28 bits per heavy atom. The second-order valence-electron chi connectivity index (χ2n) is 5.38. The van der Waals surface area contributed by atoms with E-state index in [2.05, 4.69) is 4.72 Å². The molecule has 0 fully saturated rings. The van der Waals surface area contributed by atoms with E-state index in [0.29, 0.717) is 24.6 Å². The van der Waals surface area contributed by atoms with Crippen molar-refractivity contribution in [2.45, 2.75) is 11.8 Å². The lowest BCUT2D eigenvalue weighted by atomic mass is 10.2. The Labute approximate surface area is 149 Å². The van der Waals surface area contributed by atoms with Crippen LogP contribution in [-0.4, -0.2) is 27.5 Å². The van der Waals surface area contributed by atoms with Crippen molar-refractivity contribution in [3.05, 3.63) is 47.2 Å². The number of fused-ring (bicyclic) bond motifs is 1. The van der Waals surface area contributed by atoms with E-state index in [1.807, 2.05) is 0 Å². The van der Waals surface area contributed by atoms with Crippen LogP contribution in [0.3, 0.4) is 0 Å². The van der Waals surface area contributed by atoms with Crippen molar-refractivity contribution in [1.82, 2.24) is 0 Å². The number of sulfonamides is 1. The van der Waals surface area contributed by atoms with Gasteiger partial charge in [-0.2, -0.15) is 0 Å². The number of nitrogens with zero attached hydrogens (tertiary/aromatic N) is 1. The fourth-order valence-corrected chi connectivity index (χ4v) is 3.71. The van der Waals surface area contributed by atoms with Gasteiger partial charge in [0.2, 0.25) is 5.91 Å². The molecule has 0 saturated heterocycles. The van der Waals surface area contributed by atoms with Crippen LogP contribution in [0.25, 0.3) is 0 Å². The zero-order chi connectivity index (χ0) is 18.2. The van der Waals surface area contributed by atoms with Crippen molar-refractivity contribution in [2.24, 2.45) is 0 Å². The summed E-state index contributed by atoms with van der Waals surface area (Å²) in [5.41, 5.74) is 0.139. The molecule has 1 N–H and O–H groups in total. The molecule has 0 aromatic heterocycles. The molecule has 132 valence electrons. The van der Waals surface area contributed by atoms with Gasteiger partial charge in [-0.15, -0.1) is 0 Å². The third kappa shape index (κ3) is 3.54. The standard InChI is InChI=1S/C16H14ClFN2O4S/c1-10(21)20-6-7-24-16-5-3-12(9-15(16)20)25(22,23)19-14-4-2-11(17)8-13(14)18/h2-5,8-9,19H,6-7H2,1H3. The molecule has 2 aromatic rings. The maximum Gasteiger partial charge on any atom is 0.262 e. The number of nitrogens with one attached hydrogen (secondary N) is 1. The molecule has 1 aliphatic rings. The molecule has 3 rings (SSSR count). The summed E-state index contributed by atoms with van der Waals surface area (Å²) in [7, 11) is -4.06. The molecule has 0 atom stereocenters. The van der Waals surface area contributed by atoms with Gasteiger partial charge < -0.3 is 9.64 Å². The first-order valence-corrected chi connectivity index (χ1v) is 9.17. The lowest BCUT2D eigenvalue weighted by Crippen LogP contribution is -2.36. The third-order valence-corrected chi connectivity index (χ3v) is 5.26. The summed E-state index contributed by atoms with van der Waals surface area (Å²) in [5.74, 6) is -0.600. The molecule has 0 spiro atoms. The van der Waals surface area contributed by atoms with E-state index in [1.165, 1.54) is 42.2 Å². The van der Waals surface area contributed by atoms with E-state index < -0.39 is 15.8 Å². The number of rotatable bonds is 3. The Balaban J connectivity index is 1.98. The SMILES string of the molecule is CC(=O)N1CCOc2ccc(S(=O)(=O)Nc3ccc(Cl)cc3F)cc21. The Hall–Kier alpha value is -2.32. The van der Waals surface area contributed by atoms with Gasteiger partial charge in [-0.3, -0.25) is 9.52 Å². The van der Waals surface area contributed by atoms with Crippen LogP contribution in [0.4, 0.5) is 15.8 Å². The first-order valence-electron chi connectivity index (χ1n) is 7.31. The van der Waals surface area contributed by atoms with Gasteiger partial charge >= 0.3 is 0 Å². The highest BCUT2D eigenvalue weighted by molar-refractivity contribution is 7.92. The van der Waals surface area contributed by atoms with E-state index in [1.54, 1.807) is 0 Å². The van der Waals surface area contributed by atoms with Gasteiger partial charge in [-0.05, 0) is 36.4 Å². The number of halogens is 2. The maximum atomic E-state index is 13.9. The van der Waals surface area contributed by atoms with Crippen molar-refractivity contribution in [1.29, 1.82) is 0 Å². The second-order valence-corrected chi connectivity index (χ2v) is 7.50. The zero-order valence-electron chi connectivity index (χ0n) is 13.1. The first kappa shape index (κ1) is 17.5. The highest BCUT2D eigenvalue weighted by Crippen LogP contribution is 2.34. The van der Waals surface area contributed by atoms with Crippen LogP contribution in [0.15, 0.2) is 41.3 Å². The number of benzene rings is 2. The maximum absolute atomic E-state index is 13.9. The van der Waals surface area contributed by atoms with Gasteiger partial charge in [0.25, 0.3) is 10.0 Å². The summed E-state index contributed by atoms with van der Waals surface area (Å²) in [4.78, 5) is 13.1. The molecule has 0 radical (unpaired) electrons. The average Bonchev–Trinajstić information content (AvgIpc) is 2.56. The van der Waals surface area contributed by atoms with E-state index in [0.717, 1.165) is 6.07 Å². The lowest BCUT2D eigenvalue weighted by Gasteiger charge is -2.29.